The first-order chi connectivity index (χ1) is 9.58. The maximum atomic E-state index is 12.1. The van der Waals surface area contributed by atoms with E-state index in [1.165, 1.54) is 18.4 Å². The minimum absolute atomic E-state index is 0.156. The molecule has 110 valence electrons. The van der Waals surface area contributed by atoms with Crippen molar-refractivity contribution >= 4 is 10.0 Å². The van der Waals surface area contributed by atoms with Crippen LogP contribution in [-0.4, -0.2) is 27.5 Å². The Morgan fingerprint density at radius 2 is 1.80 bits per heavy atom. The van der Waals surface area contributed by atoms with Gasteiger partial charge < -0.3 is 5.32 Å². The van der Waals surface area contributed by atoms with Crippen LogP contribution in [0.15, 0.2) is 29.2 Å². The van der Waals surface area contributed by atoms with Gasteiger partial charge in [0.2, 0.25) is 10.0 Å². The summed E-state index contributed by atoms with van der Waals surface area (Å²) in [4.78, 5) is 0.376. The molecule has 20 heavy (non-hydrogen) atoms. The predicted octanol–water partition coefficient (Wildman–Crippen LogP) is 1.67. The third-order valence-corrected chi connectivity index (χ3v) is 5.69. The molecule has 2 fully saturated rings. The van der Waals surface area contributed by atoms with Crippen LogP contribution >= 0.6 is 0 Å². The smallest absolute Gasteiger partial charge is 0.240 e. The van der Waals surface area contributed by atoms with Gasteiger partial charge in [0.25, 0.3) is 0 Å². The summed E-state index contributed by atoms with van der Waals surface area (Å²) in [5.41, 5.74) is 1.20. The second-order valence-electron chi connectivity index (χ2n) is 5.98. The predicted molar refractivity (Wildman–Crippen MR) is 79.1 cm³/mol. The van der Waals surface area contributed by atoms with Gasteiger partial charge in [-0.3, -0.25) is 0 Å². The van der Waals surface area contributed by atoms with Crippen molar-refractivity contribution in [2.75, 3.05) is 7.05 Å². The molecule has 0 heterocycles. The molecule has 4 nitrogen and oxygen atoms in total. The molecule has 1 unspecified atom stereocenters. The van der Waals surface area contributed by atoms with Crippen molar-refractivity contribution in [1.29, 1.82) is 0 Å². The van der Waals surface area contributed by atoms with E-state index in [0.29, 0.717) is 10.9 Å². The summed E-state index contributed by atoms with van der Waals surface area (Å²) in [5.74, 6) is 0.792. The van der Waals surface area contributed by atoms with Crippen molar-refractivity contribution in [1.82, 2.24) is 10.0 Å². The lowest BCUT2D eigenvalue weighted by Gasteiger charge is -2.15. The van der Waals surface area contributed by atoms with Crippen LogP contribution in [0.3, 0.4) is 0 Å². The fourth-order valence-electron chi connectivity index (χ4n) is 2.55. The molecule has 0 saturated heterocycles. The van der Waals surface area contributed by atoms with Crippen LogP contribution in [0.2, 0.25) is 0 Å². The number of hydrogen-bond acceptors (Lipinski definition) is 3. The summed E-state index contributed by atoms with van der Waals surface area (Å²) in [7, 11) is -1.32. The van der Waals surface area contributed by atoms with Crippen molar-refractivity contribution in [3.05, 3.63) is 29.8 Å². The number of nitrogens with one attached hydrogen (secondary N) is 2. The molecule has 0 amide bonds. The molecule has 1 atom stereocenters. The van der Waals surface area contributed by atoms with Crippen LogP contribution in [0.5, 0.6) is 0 Å². The van der Waals surface area contributed by atoms with Gasteiger partial charge in [-0.2, -0.15) is 0 Å². The minimum atomic E-state index is -3.32. The van der Waals surface area contributed by atoms with Crippen LogP contribution in [0, 0.1) is 5.92 Å². The normalized spacial score (nSPS) is 20.9. The summed E-state index contributed by atoms with van der Waals surface area (Å²) in [6, 6.07) is 7.99. The van der Waals surface area contributed by atoms with Crippen molar-refractivity contribution in [2.24, 2.45) is 5.92 Å². The summed E-state index contributed by atoms with van der Waals surface area (Å²) >= 11 is 0. The second-order valence-corrected chi connectivity index (χ2v) is 7.69. The fraction of sp³-hybridized carbons (Fsp3) is 0.600. The Hall–Kier alpha value is -0.910. The molecule has 0 aromatic heterocycles. The molecule has 2 aliphatic carbocycles. The minimum Gasteiger partial charge on any atom is -0.316 e. The largest absolute Gasteiger partial charge is 0.316 e. The zero-order chi connectivity index (χ0) is 14.2. The van der Waals surface area contributed by atoms with Crippen LogP contribution in [-0.2, 0) is 16.4 Å². The lowest BCUT2D eigenvalue weighted by Crippen LogP contribution is -2.29. The molecule has 0 bridgehead atoms. The molecule has 0 radical (unpaired) electrons. The zero-order valence-corrected chi connectivity index (χ0v) is 12.6. The van der Waals surface area contributed by atoms with E-state index in [4.69, 9.17) is 0 Å². The van der Waals surface area contributed by atoms with E-state index in [9.17, 15) is 8.42 Å². The standard InChI is InChI=1S/C15H22N2O2S/c1-16-15(12-4-5-12)10-11-2-8-14(9-3-11)20(18,19)17-13-6-7-13/h2-3,8-9,12-13,15-17H,4-7,10H2,1H3. The van der Waals surface area contributed by atoms with Crippen molar-refractivity contribution < 1.29 is 8.42 Å². The van der Waals surface area contributed by atoms with Gasteiger partial charge in [0.15, 0.2) is 0 Å². The highest BCUT2D eigenvalue weighted by atomic mass is 32.2. The summed E-state index contributed by atoms with van der Waals surface area (Å²) in [6.45, 7) is 0. The highest BCUT2D eigenvalue weighted by Gasteiger charge is 2.30. The zero-order valence-electron chi connectivity index (χ0n) is 11.8. The van der Waals surface area contributed by atoms with E-state index < -0.39 is 10.0 Å². The van der Waals surface area contributed by atoms with Crippen LogP contribution in [0.1, 0.15) is 31.2 Å². The number of rotatable bonds is 7. The summed E-state index contributed by atoms with van der Waals surface area (Å²) < 4.78 is 26.8. The van der Waals surface area contributed by atoms with Crippen LogP contribution in [0.4, 0.5) is 0 Å². The van der Waals surface area contributed by atoms with Gasteiger partial charge >= 0.3 is 0 Å². The van der Waals surface area contributed by atoms with Gasteiger partial charge in [-0.05, 0) is 62.8 Å². The monoisotopic (exact) mass is 294 g/mol. The molecule has 1 aromatic rings. The number of sulfonamides is 1. The van der Waals surface area contributed by atoms with E-state index in [1.54, 1.807) is 12.1 Å². The SMILES string of the molecule is CNC(Cc1ccc(S(=O)(=O)NC2CC2)cc1)C1CC1. The van der Waals surface area contributed by atoms with Gasteiger partial charge in [0.1, 0.15) is 0 Å². The third kappa shape index (κ3) is 3.40. The summed E-state index contributed by atoms with van der Waals surface area (Å²) in [6.07, 6.45) is 5.51. The Labute approximate surface area is 121 Å². The number of benzene rings is 1. The highest BCUT2D eigenvalue weighted by molar-refractivity contribution is 7.89. The Morgan fingerprint density at radius 3 is 2.30 bits per heavy atom. The molecular formula is C15H22N2O2S. The van der Waals surface area contributed by atoms with E-state index in [0.717, 1.165) is 25.2 Å². The number of likely N-dealkylation sites (N-methyl/N-ethyl adjacent to an activating group) is 1. The lowest BCUT2D eigenvalue weighted by atomic mass is 10.0. The Kier molecular flexibility index (Phi) is 3.84. The molecule has 2 N–H and O–H groups in total. The van der Waals surface area contributed by atoms with Gasteiger partial charge in [-0.25, -0.2) is 13.1 Å². The first-order valence-corrected chi connectivity index (χ1v) is 8.85. The number of hydrogen-bond donors (Lipinski definition) is 2. The fourth-order valence-corrected chi connectivity index (χ4v) is 3.86. The van der Waals surface area contributed by atoms with Gasteiger partial charge in [-0.15, -0.1) is 0 Å². The summed E-state index contributed by atoms with van der Waals surface area (Å²) in [5, 5.41) is 3.36. The van der Waals surface area contributed by atoms with Crippen LogP contribution in [0.25, 0.3) is 0 Å². The Morgan fingerprint density at radius 1 is 1.15 bits per heavy atom. The quantitative estimate of drug-likeness (QED) is 0.804. The third-order valence-electron chi connectivity index (χ3n) is 4.15. The van der Waals surface area contributed by atoms with E-state index in [2.05, 4.69) is 10.0 Å². The molecule has 5 heteroatoms. The van der Waals surface area contributed by atoms with Crippen molar-refractivity contribution in [3.8, 4) is 0 Å². The van der Waals surface area contributed by atoms with Gasteiger partial charge in [-0.1, -0.05) is 12.1 Å². The average molecular weight is 294 g/mol. The first-order valence-electron chi connectivity index (χ1n) is 7.37. The molecule has 0 aliphatic heterocycles. The van der Waals surface area contributed by atoms with Crippen molar-refractivity contribution in [2.45, 2.75) is 49.1 Å². The second kappa shape index (κ2) is 5.47. The highest BCUT2D eigenvalue weighted by Crippen LogP contribution is 2.34. The molecule has 2 saturated carbocycles. The van der Waals surface area contributed by atoms with E-state index in [-0.39, 0.29) is 6.04 Å². The van der Waals surface area contributed by atoms with E-state index >= 15 is 0 Å². The Balaban J connectivity index is 1.67. The van der Waals surface area contributed by atoms with E-state index in [1.807, 2.05) is 19.2 Å². The first kappa shape index (κ1) is 14.0. The van der Waals surface area contributed by atoms with Crippen molar-refractivity contribution in [3.63, 3.8) is 0 Å². The topological polar surface area (TPSA) is 58.2 Å². The molecule has 1 aromatic carbocycles. The lowest BCUT2D eigenvalue weighted by molar-refractivity contribution is 0.500. The maximum Gasteiger partial charge on any atom is 0.240 e. The molecule has 3 rings (SSSR count). The molecular weight excluding hydrogens is 272 g/mol. The maximum absolute atomic E-state index is 12.1. The van der Waals surface area contributed by atoms with Gasteiger partial charge in [0, 0.05) is 12.1 Å². The molecule has 2 aliphatic rings. The Bertz CT molecular complexity index is 560. The average Bonchev–Trinajstić information content (AvgIpc) is 3.29. The molecule has 0 spiro atoms. The van der Waals surface area contributed by atoms with Crippen LogP contribution < -0.4 is 10.0 Å². The van der Waals surface area contributed by atoms with Gasteiger partial charge in [0.05, 0.1) is 4.90 Å².